The molecule has 1 unspecified atom stereocenters. The number of hydrogen-bond donors (Lipinski definition) is 2. The van der Waals surface area contributed by atoms with Crippen LogP contribution < -0.4 is 5.73 Å². The third-order valence-electron chi connectivity index (χ3n) is 5.67. The van der Waals surface area contributed by atoms with Gasteiger partial charge in [0.1, 0.15) is 11.6 Å². The number of halogens is 2. The van der Waals surface area contributed by atoms with Gasteiger partial charge < -0.3 is 15.4 Å². The molecule has 1 fully saturated rings. The molecular formula is C22H21F2N7O2S. The molecule has 1 atom stereocenters. The first-order valence-corrected chi connectivity index (χ1v) is 11.4. The molecule has 0 bridgehead atoms. The van der Waals surface area contributed by atoms with Crippen LogP contribution in [0.2, 0.25) is 0 Å². The van der Waals surface area contributed by atoms with Crippen LogP contribution in [0.3, 0.4) is 0 Å². The van der Waals surface area contributed by atoms with E-state index in [0.717, 1.165) is 17.4 Å². The molecule has 1 aliphatic heterocycles. The van der Waals surface area contributed by atoms with Gasteiger partial charge in [-0.15, -0.1) is 11.3 Å². The van der Waals surface area contributed by atoms with E-state index in [2.05, 4.69) is 25.4 Å². The molecule has 1 amide bonds. The number of likely N-dealkylation sites (tertiary alicyclic amines) is 1. The van der Waals surface area contributed by atoms with Crippen LogP contribution in [-0.4, -0.2) is 55.0 Å². The van der Waals surface area contributed by atoms with Crippen molar-refractivity contribution in [2.75, 3.05) is 13.1 Å². The number of thiazole rings is 1. The third kappa shape index (κ3) is 4.10. The number of carbonyl (C=O) groups is 1. The Morgan fingerprint density at radius 1 is 1.26 bits per heavy atom. The van der Waals surface area contributed by atoms with E-state index < -0.39 is 23.3 Å². The zero-order chi connectivity index (χ0) is 24.0. The lowest BCUT2D eigenvalue weighted by atomic mass is 10.0. The summed E-state index contributed by atoms with van der Waals surface area (Å²) in [5.74, 6) is -1.41. The molecule has 5 rings (SSSR count). The van der Waals surface area contributed by atoms with E-state index in [-0.39, 0.29) is 28.9 Å². The largest absolute Gasteiger partial charge is 0.442 e. The Hall–Kier alpha value is -3.51. The van der Waals surface area contributed by atoms with Gasteiger partial charge in [0.05, 0.1) is 22.0 Å². The number of aromatic amines is 1. The van der Waals surface area contributed by atoms with Crippen molar-refractivity contribution in [1.82, 2.24) is 30.3 Å². The molecule has 4 heterocycles. The highest BCUT2D eigenvalue weighted by Crippen LogP contribution is 2.33. The van der Waals surface area contributed by atoms with Gasteiger partial charge in [0.2, 0.25) is 0 Å². The highest BCUT2D eigenvalue weighted by atomic mass is 32.1. The van der Waals surface area contributed by atoms with Gasteiger partial charge in [0, 0.05) is 24.2 Å². The molecule has 34 heavy (non-hydrogen) atoms. The Morgan fingerprint density at radius 3 is 2.79 bits per heavy atom. The van der Waals surface area contributed by atoms with Crippen LogP contribution in [0.5, 0.6) is 0 Å². The fraction of sp³-hybridized carbons (Fsp3) is 0.318. The monoisotopic (exact) mass is 485 g/mol. The van der Waals surface area contributed by atoms with E-state index in [1.807, 2.05) is 13.8 Å². The molecule has 4 aromatic rings. The van der Waals surface area contributed by atoms with Crippen LogP contribution >= 0.6 is 11.3 Å². The fourth-order valence-corrected chi connectivity index (χ4v) is 4.89. The van der Waals surface area contributed by atoms with Crippen LogP contribution in [0.1, 0.15) is 24.0 Å². The van der Waals surface area contributed by atoms with E-state index in [0.29, 0.717) is 29.5 Å². The summed E-state index contributed by atoms with van der Waals surface area (Å²) in [6.45, 7) is 4.74. The van der Waals surface area contributed by atoms with E-state index >= 15 is 0 Å². The average molecular weight is 486 g/mol. The number of rotatable bonds is 4. The Labute approximate surface area is 197 Å². The number of nitrogens with zero attached hydrogens (tertiary/aromatic N) is 5. The number of amides is 1. The number of fused-ring (bicyclic) bond motifs is 1. The maximum Gasteiger partial charge on any atom is 0.410 e. The van der Waals surface area contributed by atoms with Crippen LogP contribution in [0.4, 0.5) is 13.6 Å². The first-order chi connectivity index (χ1) is 16.2. The molecule has 9 nitrogen and oxygen atoms in total. The zero-order valence-corrected chi connectivity index (χ0v) is 19.2. The van der Waals surface area contributed by atoms with Crippen molar-refractivity contribution in [1.29, 1.82) is 0 Å². The van der Waals surface area contributed by atoms with Gasteiger partial charge in [0.15, 0.2) is 22.7 Å². The minimum absolute atomic E-state index is 0.0183. The Kier molecular flexibility index (Phi) is 5.48. The summed E-state index contributed by atoms with van der Waals surface area (Å²) < 4.78 is 34.7. The summed E-state index contributed by atoms with van der Waals surface area (Å²) in [6.07, 6.45) is 0.295. The van der Waals surface area contributed by atoms with Gasteiger partial charge in [-0.25, -0.2) is 23.5 Å². The van der Waals surface area contributed by atoms with Crippen molar-refractivity contribution in [3.8, 4) is 21.8 Å². The summed E-state index contributed by atoms with van der Waals surface area (Å²) in [5.41, 5.74) is 6.78. The molecule has 12 heteroatoms. The van der Waals surface area contributed by atoms with Crippen molar-refractivity contribution in [2.24, 2.45) is 5.73 Å². The number of ether oxygens (including phenoxy) is 1. The smallest absolute Gasteiger partial charge is 0.410 e. The second-order valence-electron chi connectivity index (χ2n) is 8.55. The maximum atomic E-state index is 14.9. The standard InChI is InChI=1S/C22H21F2N7O2S/c1-11-20(34-16(26-11)9-33-21(32)31-7-6-22(2,25)10-31)15-5-3-4-14(27-15)12-8-13(23)18-19(17(12)24)29-30-28-18/h3-5,8H,6-7,9-10,25H2,1-2H3,(H,28,29,30). The molecule has 0 spiro atoms. The molecule has 0 saturated carbocycles. The highest BCUT2D eigenvalue weighted by Gasteiger charge is 2.33. The third-order valence-corrected chi connectivity index (χ3v) is 6.82. The second-order valence-corrected chi connectivity index (χ2v) is 9.63. The van der Waals surface area contributed by atoms with Crippen molar-refractivity contribution in [3.05, 3.63) is 46.6 Å². The first-order valence-electron chi connectivity index (χ1n) is 10.5. The summed E-state index contributed by atoms with van der Waals surface area (Å²) in [7, 11) is 0. The number of pyridine rings is 1. The van der Waals surface area contributed by atoms with Gasteiger partial charge >= 0.3 is 6.09 Å². The van der Waals surface area contributed by atoms with Gasteiger partial charge in [-0.05, 0) is 38.5 Å². The van der Waals surface area contributed by atoms with Gasteiger partial charge in [-0.1, -0.05) is 6.07 Å². The maximum absolute atomic E-state index is 14.9. The minimum Gasteiger partial charge on any atom is -0.442 e. The highest BCUT2D eigenvalue weighted by molar-refractivity contribution is 7.15. The van der Waals surface area contributed by atoms with Gasteiger partial charge in [-0.2, -0.15) is 15.4 Å². The molecule has 0 radical (unpaired) electrons. The van der Waals surface area contributed by atoms with Gasteiger partial charge in [-0.3, -0.25) is 0 Å². The van der Waals surface area contributed by atoms with Crippen molar-refractivity contribution in [2.45, 2.75) is 32.4 Å². The Morgan fingerprint density at radius 2 is 2.03 bits per heavy atom. The van der Waals surface area contributed by atoms with Crippen LogP contribution in [0.15, 0.2) is 24.3 Å². The topological polar surface area (TPSA) is 123 Å². The summed E-state index contributed by atoms with van der Waals surface area (Å²) >= 11 is 1.32. The molecule has 3 aromatic heterocycles. The molecule has 0 aliphatic carbocycles. The summed E-state index contributed by atoms with van der Waals surface area (Å²) in [4.78, 5) is 23.7. The average Bonchev–Trinajstić information content (AvgIpc) is 3.53. The van der Waals surface area contributed by atoms with Crippen LogP contribution in [0.25, 0.3) is 32.9 Å². The Bertz CT molecular complexity index is 1400. The van der Waals surface area contributed by atoms with Crippen molar-refractivity contribution in [3.63, 3.8) is 0 Å². The lowest BCUT2D eigenvalue weighted by Gasteiger charge is -2.19. The molecule has 176 valence electrons. The number of nitrogens with two attached hydrogens (primary N) is 1. The van der Waals surface area contributed by atoms with E-state index in [4.69, 9.17) is 10.5 Å². The van der Waals surface area contributed by atoms with E-state index in [1.165, 1.54) is 11.3 Å². The van der Waals surface area contributed by atoms with Crippen LogP contribution in [0, 0.1) is 18.6 Å². The fourth-order valence-electron chi connectivity index (χ4n) is 3.94. The number of H-pyrrole nitrogens is 1. The molecule has 1 aromatic carbocycles. The first kappa shape index (κ1) is 22.3. The summed E-state index contributed by atoms with van der Waals surface area (Å²) in [6, 6.07) is 6.11. The van der Waals surface area contributed by atoms with Crippen molar-refractivity contribution >= 4 is 28.5 Å². The lowest BCUT2D eigenvalue weighted by Crippen LogP contribution is -2.40. The normalized spacial score (nSPS) is 18.1. The lowest BCUT2D eigenvalue weighted by molar-refractivity contribution is 0.102. The zero-order valence-electron chi connectivity index (χ0n) is 18.4. The predicted octanol–water partition coefficient (Wildman–Crippen LogP) is 3.79. The number of aryl methyl sites for hydroxylation is 1. The SMILES string of the molecule is Cc1nc(COC(=O)N2CCC(C)(N)C2)sc1-c1cccc(-c2cc(F)c3n[nH]nc3c2F)n1. The Balaban J connectivity index is 1.37. The van der Waals surface area contributed by atoms with Gasteiger partial charge in [0.25, 0.3) is 0 Å². The quantitative estimate of drug-likeness (QED) is 0.451. The minimum atomic E-state index is -0.709. The molecule has 1 saturated heterocycles. The van der Waals surface area contributed by atoms with E-state index in [1.54, 1.807) is 23.1 Å². The number of carbonyl (C=O) groups excluding carboxylic acids is 1. The predicted molar refractivity (Wildman–Crippen MR) is 122 cm³/mol. The van der Waals surface area contributed by atoms with E-state index in [9.17, 15) is 13.6 Å². The van der Waals surface area contributed by atoms with Crippen molar-refractivity contribution < 1.29 is 18.3 Å². The van der Waals surface area contributed by atoms with Crippen LogP contribution in [-0.2, 0) is 11.3 Å². The number of aromatic nitrogens is 5. The summed E-state index contributed by atoms with van der Waals surface area (Å²) in [5, 5.41) is 10.2. The molecule has 3 N–H and O–H groups in total. The molecular weight excluding hydrogens is 464 g/mol. The second kappa shape index (κ2) is 8.37. The number of nitrogens with one attached hydrogen (secondary N) is 1. The molecule has 1 aliphatic rings. The number of benzene rings is 1. The number of hydrogen-bond acceptors (Lipinski definition) is 8.